The van der Waals surface area contributed by atoms with E-state index in [-0.39, 0.29) is 5.92 Å². The summed E-state index contributed by atoms with van der Waals surface area (Å²) >= 11 is 0. The van der Waals surface area contributed by atoms with Gasteiger partial charge in [0.25, 0.3) is 0 Å². The van der Waals surface area contributed by atoms with Gasteiger partial charge in [0.15, 0.2) is 11.6 Å². The van der Waals surface area contributed by atoms with E-state index in [9.17, 15) is 0 Å². The molecular weight excluding hydrogens is 755 g/mol. The van der Waals surface area contributed by atoms with Gasteiger partial charge in [-0.3, -0.25) is 0 Å². The van der Waals surface area contributed by atoms with Crippen LogP contribution < -0.4 is 0 Å². The van der Waals surface area contributed by atoms with E-state index in [0.29, 0.717) is 11.6 Å². The highest BCUT2D eigenvalue weighted by molar-refractivity contribution is 6.18. The predicted octanol–water partition coefficient (Wildman–Crippen LogP) is 14.2. The molecule has 1 unspecified atom stereocenters. The molecule has 0 saturated heterocycles. The maximum atomic E-state index is 5.29. The first-order valence-electron chi connectivity index (χ1n) is 21.2. The summed E-state index contributed by atoms with van der Waals surface area (Å²) in [7, 11) is 0. The van der Waals surface area contributed by atoms with Crippen LogP contribution in [0.25, 0.3) is 94.3 Å². The molecule has 1 atom stereocenters. The Hall–Kier alpha value is -8.15. The maximum Gasteiger partial charge on any atom is 0.163 e. The molecule has 0 bridgehead atoms. The Balaban J connectivity index is 1.01. The standard InChI is InChI=1S/C57H39N5/c1-4-15-38(16-5-1)40-19-12-21-43(33-40)55-58-56(44-22-13-20-41(34-44)39-17-6-2-7-18-39)60-57(59-55)45-23-14-26-47(35-45)62-53-28-11-10-27-48(53)51-37-50-42(36-54(51)62)29-30-52-49(50)31-32-61(52)46-24-8-3-9-25-46/h1-21,23-37,44H,22H2. The molecule has 3 heterocycles. The molecule has 0 aliphatic heterocycles. The minimum atomic E-state index is -0.0159. The van der Waals surface area contributed by atoms with Crippen molar-refractivity contribution < 1.29 is 0 Å². The fourth-order valence-electron chi connectivity index (χ4n) is 9.26. The van der Waals surface area contributed by atoms with Crippen molar-refractivity contribution in [2.75, 3.05) is 0 Å². The number of para-hydroxylation sites is 2. The van der Waals surface area contributed by atoms with Gasteiger partial charge < -0.3 is 9.13 Å². The smallest absolute Gasteiger partial charge is 0.163 e. The number of hydrogen-bond acceptors (Lipinski definition) is 3. The minimum Gasteiger partial charge on any atom is -0.317 e. The first-order chi connectivity index (χ1) is 30.7. The zero-order valence-corrected chi connectivity index (χ0v) is 33.8. The average molecular weight is 794 g/mol. The third kappa shape index (κ3) is 6.22. The number of nitrogens with zero attached hydrogens (tertiary/aromatic N) is 5. The van der Waals surface area contributed by atoms with Crippen LogP contribution in [0.2, 0.25) is 0 Å². The minimum absolute atomic E-state index is 0.0159. The summed E-state index contributed by atoms with van der Waals surface area (Å²) in [6, 6.07) is 69.0. The summed E-state index contributed by atoms with van der Waals surface area (Å²) < 4.78 is 4.66. The lowest BCUT2D eigenvalue weighted by atomic mass is 9.91. The zero-order chi connectivity index (χ0) is 41.0. The van der Waals surface area contributed by atoms with Crippen LogP contribution in [0.3, 0.4) is 0 Å². The number of benzene rings is 8. The normalized spacial score (nSPS) is 13.9. The predicted molar refractivity (Wildman–Crippen MR) is 256 cm³/mol. The number of hydrogen-bond donors (Lipinski definition) is 0. The van der Waals surface area contributed by atoms with E-state index in [0.717, 1.165) is 56.9 Å². The van der Waals surface area contributed by atoms with Gasteiger partial charge in [0.1, 0.15) is 5.82 Å². The third-order valence-corrected chi connectivity index (χ3v) is 12.3. The van der Waals surface area contributed by atoms with Crippen molar-refractivity contribution in [3.8, 4) is 45.3 Å². The zero-order valence-electron chi connectivity index (χ0n) is 33.8. The van der Waals surface area contributed by atoms with E-state index in [2.05, 4.69) is 222 Å². The second kappa shape index (κ2) is 14.8. The molecule has 3 aromatic heterocycles. The summed E-state index contributed by atoms with van der Waals surface area (Å²) in [5.41, 5.74) is 12.2. The maximum absolute atomic E-state index is 5.29. The summed E-state index contributed by atoms with van der Waals surface area (Å²) in [5.74, 6) is 2.05. The van der Waals surface area contributed by atoms with Gasteiger partial charge in [0.05, 0.1) is 16.6 Å². The van der Waals surface area contributed by atoms with E-state index in [1.165, 1.54) is 43.6 Å². The van der Waals surface area contributed by atoms with Gasteiger partial charge >= 0.3 is 0 Å². The lowest BCUT2D eigenvalue weighted by Gasteiger charge is -2.18. The average Bonchev–Trinajstić information content (AvgIpc) is 3.94. The number of allylic oxidation sites excluding steroid dienone is 4. The van der Waals surface area contributed by atoms with Crippen LogP contribution >= 0.6 is 0 Å². The van der Waals surface area contributed by atoms with Gasteiger partial charge in [-0.2, -0.15) is 0 Å². The molecule has 1 aliphatic carbocycles. The molecule has 12 rings (SSSR count). The van der Waals surface area contributed by atoms with Crippen LogP contribution in [0.5, 0.6) is 0 Å². The van der Waals surface area contributed by atoms with Crippen molar-refractivity contribution in [2.24, 2.45) is 0 Å². The second-order valence-electron chi connectivity index (χ2n) is 16.0. The lowest BCUT2D eigenvalue weighted by Crippen LogP contribution is -2.09. The Kier molecular flexibility index (Phi) is 8.56. The van der Waals surface area contributed by atoms with Gasteiger partial charge in [-0.15, -0.1) is 0 Å². The number of aromatic nitrogens is 5. The fourth-order valence-corrected chi connectivity index (χ4v) is 9.26. The van der Waals surface area contributed by atoms with E-state index in [4.69, 9.17) is 15.0 Å². The van der Waals surface area contributed by atoms with Crippen molar-refractivity contribution >= 4 is 49.1 Å². The molecule has 62 heavy (non-hydrogen) atoms. The Bertz CT molecular complexity index is 3540. The largest absolute Gasteiger partial charge is 0.317 e. The van der Waals surface area contributed by atoms with Crippen molar-refractivity contribution in [1.29, 1.82) is 0 Å². The van der Waals surface area contributed by atoms with Gasteiger partial charge in [-0.1, -0.05) is 152 Å². The van der Waals surface area contributed by atoms with Gasteiger partial charge in [0, 0.05) is 50.8 Å². The number of fused-ring (bicyclic) bond motifs is 6. The third-order valence-electron chi connectivity index (χ3n) is 12.3. The van der Waals surface area contributed by atoms with Crippen molar-refractivity contribution in [2.45, 2.75) is 12.3 Å². The summed E-state index contributed by atoms with van der Waals surface area (Å²) in [5, 5.41) is 6.11. The van der Waals surface area contributed by atoms with Crippen molar-refractivity contribution in [3.63, 3.8) is 0 Å². The first kappa shape index (κ1) is 35.8. The van der Waals surface area contributed by atoms with Crippen molar-refractivity contribution in [3.05, 3.63) is 230 Å². The van der Waals surface area contributed by atoms with Crippen molar-refractivity contribution in [1.82, 2.24) is 24.1 Å². The topological polar surface area (TPSA) is 48.5 Å². The molecule has 0 spiro atoms. The van der Waals surface area contributed by atoms with Crippen LogP contribution in [0.4, 0.5) is 0 Å². The van der Waals surface area contributed by atoms with Crippen LogP contribution in [0.15, 0.2) is 219 Å². The molecule has 5 heteroatoms. The molecule has 0 saturated carbocycles. The van der Waals surface area contributed by atoms with Gasteiger partial charge in [-0.05, 0) is 100 Å². The quantitative estimate of drug-likeness (QED) is 0.161. The Labute approximate surface area is 359 Å². The molecule has 11 aromatic rings. The highest BCUT2D eigenvalue weighted by Gasteiger charge is 2.21. The molecule has 1 aliphatic rings. The Morgan fingerprint density at radius 3 is 1.87 bits per heavy atom. The first-order valence-corrected chi connectivity index (χ1v) is 21.2. The molecule has 5 nitrogen and oxygen atoms in total. The van der Waals surface area contributed by atoms with E-state index < -0.39 is 0 Å². The van der Waals surface area contributed by atoms with Crippen LogP contribution in [-0.4, -0.2) is 24.1 Å². The highest BCUT2D eigenvalue weighted by atomic mass is 15.0. The lowest BCUT2D eigenvalue weighted by molar-refractivity contribution is 0.766. The summed E-state index contributed by atoms with van der Waals surface area (Å²) in [6.45, 7) is 0. The molecule has 0 amide bonds. The van der Waals surface area contributed by atoms with E-state index in [1.54, 1.807) is 0 Å². The van der Waals surface area contributed by atoms with Crippen LogP contribution in [0.1, 0.15) is 23.7 Å². The van der Waals surface area contributed by atoms with Crippen LogP contribution in [-0.2, 0) is 0 Å². The Morgan fingerprint density at radius 1 is 0.419 bits per heavy atom. The molecule has 0 N–H and O–H groups in total. The van der Waals surface area contributed by atoms with Gasteiger partial charge in [0.2, 0.25) is 0 Å². The van der Waals surface area contributed by atoms with Crippen LogP contribution in [0, 0.1) is 0 Å². The summed E-state index contributed by atoms with van der Waals surface area (Å²) in [4.78, 5) is 15.8. The monoisotopic (exact) mass is 793 g/mol. The molecular formula is C57H39N5. The molecule has 0 fully saturated rings. The van der Waals surface area contributed by atoms with E-state index >= 15 is 0 Å². The fraction of sp³-hybridized carbons (Fsp3) is 0.0351. The van der Waals surface area contributed by atoms with E-state index in [1.807, 2.05) is 6.07 Å². The highest BCUT2D eigenvalue weighted by Crippen LogP contribution is 2.39. The van der Waals surface area contributed by atoms with Gasteiger partial charge in [-0.25, -0.2) is 15.0 Å². The molecule has 0 radical (unpaired) electrons. The Morgan fingerprint density at radius 2 is 1.06 bits per heavy atom. The molecule has 8 aromatic carbocycles. The molecule has 292 valence electrons. The SMILES string of the molecule is C1=CC(c2ccccc2)=CC(c2nc(-c3cccc(-c4ccccc4)c3)nc(-c3cccc(-n4c5ccccc5c5cc6c(ccc7c6ccn7-c6ccccc6)cc54)c3)n2)C1. The number of rotatable bonds is 7. The summed E-state index contributed by atoms with van der Waals surface area (Å²) in [6.07, 6.45) is 9.74. The second-order valence-corrected chi connectivity index (χ2v) is 16.0.